The van der Waals surface area contributed by atoms with Gasteiger partial charge < -0.3 is 10.1 Å². The van der Waals surface area contributed by atoms with Crippen LogP contribution in [0.25, 0.3) is 10.8 Å². The zero-order valence-electron chi connectivity index (χ0n) is 22.9. The molecule has 7 rings (SSSR count). The van der Waals surface area contributed by atoms with Gasteiger partial charge in [0, 0.05) is 23.4 Å². The molecule has 4 heteroatoms. The second kappa shape index (κ2) is 10.7. The molecule has 0 aromatic heterocycles. The fourth-order valence-electron chi connectivity index (χ4n) is 6.23. The molecule has 0 fully saturated rings. The monoisotopic (exact) mass is 538 g/mol. The molecule has 1 aliphatic carbocycles. The van der Waals surface area contributed by atoms with Crippen LogP contribution in [0, 0.1) is 18.7 Å². The Labute approximate surface area is 240 Å². The van der Waals surface area contributed by atoms with Crippen LogP contribution >= 0.6 is 0 Å². The van der Waals surface area contributed by atoms with Gasteiger partial charge in [-0.15, -0.1) is 0 Å². The molecule has 1 aliphatic heterocycles. The second-order valence-electron chi connectivity index (χ2n) is 11.0. The summed E-state index contributed by atoms with van der Waals surface area (Å²) in [5.74, 6) is 1.45. The molecule has 0 radical (unpaired) electrons. The van der Waals surface area contributed by atoms with Crippen molar-refractivity contribution < 1.29 is 9.13 Å². The van der Waals surface area contributed by atoms with E-state index in [1.807, 2.05) is 24.4 Å². The van der Waals surface area contributed by atoms with Crippen molar-refractivity contribution in [2.75, 3.05) is 5.32 Å². The van der Waals surface area contributed by atoms with E-state index in [9.17, 15) is 4.39 Å². The van der Waals surface area contributed by atoms with Crippen LogP contribution in [-0.4, -0.2) is 6.21 Å². The van der Waals surface area contributed by atoms with E-state index in [0.29, 0.717) is 18.4 Å². The molecule has 3 atom stereocenters. The Balaban J connectivity index is 1.15. The van der Waals surface area contributed by atoms with E-state index in [-0.39, 0.29) is 11.9 Å². The normalized spacial score (nSPS) is 19.2. The van der Waals surface area contributed by atoms with Gasteiger partial charge in [-0.1, -0.05) is 84.4 Å². The molecule has 0 spiro atoms. The first-order chi connectivity index (χ1) is 20.1. The minimum atomic E-state index is -0.253. The SMILES string of the molecule is Cc1ccc2c(c1)[C@@H]1C=CC[C@H]1[C@@H](c1ccc(N=Cc3c(OCc4ccc(F)cc4)ccc4ccccc34)cc1)N2. The lowest BCUT2D eigenvalue weighted by molar-refractivity contribution is 0.306. The van der Waals surface area contributed by atoms with Crippen LogP contribution in [0.15, 0.2) is 120 Å². The van der Waals surface area contributed by atoms with Gasteiger partial charge >= 0.3 is 0 Å². The molecule has 0 amide bonds. The molecule has 2 aliphatic rings. The van der Waals surface area contributed by atoms with E-state index in [1.165, 1.54) is 34.5 Å². The maximum atomic E-state index is 13.3. The molecule has 5 aromatic carbocycles. The van der Waals surface area contributed by atoms with Crippen molar-refractivity contribution in [3.05, 3.63) is 149 Å². The molecule has 0 unspecified atom stereocenters. The molecule has 0 bridgehead atoms. The Hall–Kier alpha value is -4.70. The van der Waals surface area contributed by atoms with Gasteiger partial charge in [0.15, 0.2) is 0 Å². The third kappa shape index (κ3) is 5.02. The van der Waals surface area contributed by atoms with E-state index < -0.39 is 0 Å². The van der Waals surface area contributed by atoms with Crippen molar-refractivity contribution in [3.63, 3.8) is 0 Å². The lowest BCUT2D eigenvalue weighted by atomic mass is 9.76. The number of hydrogen-bond donors (Lipinski definition) is 1. The van der Waals surface area contributed by atoms with E-state index in [2.05, 4.69) is 85.1 Å². The van der Waals surface area contributed by atoms with Crippen molar-refractivity contribution in [2.24, 2.45) is 10.9 Å². The Kier molecular flexibility index (Phi) is 6.60. The summed E-state index contributed by atoms with van der Waals surface area (Å²) >= 11 is 0. The zero-order valence-corrected chi connectivity index (χ0v) is 22.9. The molecule has 5 aromatic rings. The number of anilines is 1. The van der Waals surface area contributed by atoms with Crippen LogP contribution in [-0.2, 0) is 6.61 Å². The van der Waals surface area contributed by atoms with E-state index in [4.69, 9.17) is 9.73 Å². The summed E-state index contributed by atoms with van der Waals surface area (Å²) < 4.78 is 19.6. The number of rotatable bonds is 6. The third-order valence-electron chi connectivity index (χ3n) is 8.35. The Morgan fingerprint density at radius 2 is 1.76 bits per heavy atom. The number of aliphatic imine (C=N–C) groups is 1. The largest absolute Gasteiger partial charge is 0.488 e. The summed E-state index contributed by atoms with van der Waals surface area (Å²) in [7, 11) is 0. The fourth-order valence-corrected chi connectivity index (χ4v) is 6.23. The summed E-state index contributed by atoms with van der Waals surface area (Å²) in [5.41, 5.74) is 7.96. The van der Waals surface area contributed by atoms with E-state index >= 15 is 0 Å². The van der Waals surface area contributed by atoms with E-state index in [0.717, 1.165) is 39.8 Å². The van der Waals surface area contributed by atoms with Crippen LogP contribution in [0.5, 0.6) is 5.75 Å². The van der Waals surface area contributed by atoms with Crippen molar-refractivity contribution in [2.45, 2.75) is 31.9 Å². The third-order valence-corrected chi connectivity index (χ3v) is 8.35. The van der Waals surface area contributed by atoms with Crippen LogP contribution < -0.4 is 10.1 Å². The average molecular weight is 539 g/mol. The van der Waals surface area contributed by atoms with Gasteiger partial charge in [-0.2, -0.15) is 0 Å². The van der Waals surface area contributed by atoms with Gasteiger partial charge in [0.1, 0.15) is 18.2 Å². The number of aryl methyl sites for hydroxylation is 1. The van der Waals surface area contributed by atoms with Gasteiger partial charge in [0.2, 0.25) is 0 Å². The van der Waals surface area contributed by atoms with Crippen molar-refractivity contribution in [1.82, 2.24) is 0 Å². The molecule has 1 N–H and O–H groups in total. The highest BCUT2D eigenvalue weighted by Crippen LogP contribution is 2.50. The molecular formula is C37H31FN2O. The lowest BCUT2D eigenvalue weighted by Crippen LogP contribution is -2.29. The van der Waals surface area contributed by atoms with Gasteiger partial charge in [0.05, 0.1) is 11.7 Å². The molecular weight excluding hydrogens is 507 g/mol. The highest BCUT2D eigenvalue weighted by atomic mass is 19.1. The smallest absolute Gasteiger partial charge is 0.129 e. The molecule has 1 heterocycles. The van der Waals surface area contributed by atoms with Crippen LogP contribution in [0.3, 0.4) is 0 Å². The Bertz CT molecular complexity index is 1770. The average Bonchev–Trinajstić information content (AvgIpc) is 3.50. The minimum absolute atomic E-state index is 0.253. The number of benzene rings is 5. The predicted octanol–water partition coefficient (Wildman–Crippen LogP) is 9.44. The van der Waals surface area contributed by atoms with Gasteiger partial charge in [-0.25, -0.2) is 4.39 Å². The quantitative estimate of drug-likeness (QED) is 0.173. The zero-order chi connectivity index (χ0) is 27.8. The van der Waals surface area contributed by atoms with Crippen LogP contribution in [0.2, 0.25) is 0 Å². The van der Waals surface area contributed by atoms with E-state index in [1.54, 1.807) is 12.1 Å². The number of halogens is 1. The Morgan fingerprint density at radius 1 is 0.927 bits per heavy atom. The first-order valence-corrected chi connectivity index (χ1v) is 14.2. The first-order valence-electron chi connectivity index (χ1n) is 14.2. The number of nitrogens with one attached hydrogen (secondary N) is 1. The number of allylic oxidation sites excluding steroid dienone is 2. The van der Waals surface area contributed by atoms with Gasteiger partial charge in [0.25, 0.3) is 0 Å². The summed E-state index contributed by atoms with van der Waals surface area (Å²) in [6.07, 6.45) is 7.69. The van der Waals surface area contributed by atoms with Crippen molar-refractivity contribution in [3.8, 4) is 5.75 Å². The number of fused-ring (bicyclic) bond motifs is 4. The highest BCUT2D eigenvalue weighted by Gasteiger charge is 2.37. The van der Waals surface area contributed by atoms with Crippen LogP contribution in [0.4, 0.5) is 15.8 Å². The number of hydrogen-bond acceptors (Lipinski definition) is 3. The van der Waals surface area contributed by atoms with Crippen molar-refractivity contribution in [1.29, 1.82) is 0 Å². The summed E-state index contributed by atoms with van der Waals surface area (Å²) in [5, 5.41) is 6.03. The maximum Gasteiger partial charge on any atom is 0.129 e. The predicted molar refractivity (Wildman–Crippen MR) is 166 cm³/mol. The topological polar surface area (TPSA) is 33.6 Å². The van der Waals surface area contributed by atoms with Crippen LogP contribution in [0.1, 0.15) is 46.2 Å². The number of ether oxygens (including phenoxy) is 1. The molecule has 202 valence electrons. The molecule has 0 saturated heterocycles. The molecule has 0 saturated carbocycles. The lowest BCUT2D eigenvalue weighted by Gasteiger charge is -2.37. The van der Waals surface area contributed by atoms with Gasteiger partial charge in [-0.3, -0.25) is 4.99 Å². The van der Waals surface area contributed by atoms with Gasteiger partial charge in [-0.05, 0) is 83.1 Å². The van der Waals surface area contributed by atoms with Crippen molar-refractivity contribution >= 4 is 28.4 Å². The Morgan fingerprint density at radius 3 is 2.61 bits per heavy atom. The standard InChI is InChI=1S/C37H31FN2O/c1-24-9-19-35-33(21-24)31-7-4-8-32(31)37(40-35)27-12-17-29(18-13-27)39-22-34-30-6-3-2-5-26(30)14-20-36(34)41-23-25-10-15-28(38)16-11-25/h2-7,9-22,31-32,37,40H,8,23H2,1H3/t31-,32-,37-/m1/s1. The molecule has 41 heavy (non-hydrogen) atoms. The summed E-state index contributed by atoms with van der Waals surface area (Å²) in [4.78, 5) is 4.86. The highest BCUT2D eigenvalue weighted by molar-refractivity contribution is 6.03. The number of nitrogens with zero attached hydrogens (tertiary/aromatic N) is 1. The molecule has 3 nitrogen and oxygen atoms in total. The fraction of sp³-hybridized carbons (Fsp3) is 0.162. The first kappa shape index (κ1) is 25.3. The summed E-state index contributed by atoms with van der Waals surface area (Å²) in [6.45, 7) is 2.51. The second-order valence-corrected chi connectivity index (χ2v) is 11.0. The maximum absolute atomic E-state index is 13.3. The summed E-state index contributed by atoms with van der Waals surface area (Å²) in [6, 6.07) is 34.3. The minimum Gasteiger partial charge on any atom is -0.488 e.